The third-order valence-electron chi connectivity index (χ3n) is 13.1. The van der Waals surface area contributed by atoms with Crippen molar-refractivity contribution in [2.75, 3.05) is 13.2 Å². The lowest BCUT2D eigenvalue weighted by molar-refractivity contribution is -0.167. The minimum Gasteiger partial charge on any atom is -0.462 e. The Morgan fingerprint density at radius 3 is 0.919 bits per heavy atom. The second kappa shape index (κ2) is 48.9. The van der Waals surface area contributed by atoms with E-state index in [1.54, 1.807) is 0 Å². The first kappa shape index (κ1) is 60.4. The molecule has 0 fully saturated rings. The van der Waals surface area contributed by atoms with Crippen molar-refractivity contribution in [1.82, 2.24) is 0 Å². The van der Waals surface area contributed by atoms with Gasteiger partial charge in [-0.2, -0.15) is 0 Å². The predicted molar refractivity (Wildman–Crippen MR) is 266 cm³/mol. The zero-order valence-corrected chi connectivity index (χ0v) is 42.5. The molecule has 0 heterocycles. The van der Waals surface area contributed by atoms with Crippen LogP contribution in [0, 0.1) is 11.8 Å². The zero-order valence-electron chi connectivity index (χ0n) is 42.5. The second-order valence-electron chi connectivity index (χ2n) is 19.9. The molecular weight excluding hydrogens is 769 g/mol. The molecule has 6 heteroatoms. The van der Waals surface area contributed by atoms with Crippen LogP contribution >= 0.6 is 0 Å². The van der Waals surface area contributed by atoms with E-state index in [9.17, 15) is 14.4 Å². The van der Waals surface area contributed by atoms with Crippen LogP contribution in [-0.4, -0.2) is 37.2 Å². The van der Waals surface area contributed by atoms with Crippen LogP contribution in [0.2, 0.25) is 0 Å². The molecule has 368 valence electrons. The molecule has 0 N–H and O–H groups in total. The Morgan fingerprint density at radius 1 is 0.339 bits per heavy atom. The number of unbranched alkanes of at least 4 members (excludes halogenated alkanes) is 34. The Hall–Kier alpha value is -1.59. The summed E-state index contributed by atoms with van der Waals surface area (Å²) < 4.78 is 16.8. The van der Waals surface area contributed by atoms with E-state index in [0.717, 1.165) is 69.6 Å². The third-order valence-corrected chi connectivity index (χ3v) is 13.1. The van der Waals surface area contributed by atoms with Gasteiger partial charge < -0.3 is 14.2 Å². The van der Waals surface area contributed by atoms with E-state index in [-0.39, 0.29) is 31.1 Å². The molecule has 2 atom stereocenters. The van der Waals surface area contributed by atoms with Gasteiger partial charge in [-0.3, -0.25) is 14.4 Å². The van der Waals surface area contributed by atoms with Crippen molar-refractivity contribution in [3.05, 3.63) is 0 Å². The summed E-state index contributed by atoms with van der Waals surface area (Å²) in [6.45, 7) is 11.4. The average Bonchev–Trinajstić information content (AvgIpc) is 3.26. The minimum atomic E-state index is -0.763. The molecule has 1 unspecified atom stereocenters. The van der Waals surface area contributed by atoms with Gasteiger partial charge in [-0.1, -0.05) is 272 Å². The molecular formula is C56H108O6. The molecule has 0 radical (unpaired) electrons. The molecule has 0 saturated carbocycles. The van der Waals surface area contributed by atoms with Gasteiger partial charge in [0.25, 0.3) is 0 Å². The summed E-state index contributed by atoms with van der Waals surface area (Å²) in [7, 11) is 0. The Kier molecular flexibility index (Phi) is 47.6. The normalized spacial score (nSPS) is 12.5. The van der Waals surface area contributed by atoms with Crippen LogP contribution in [0.15, 0.2) is 0 Å². The van der Waals surface area contributed by atoms with Gasteiger partial charge in [0.05, 0.1) is 0 Å². The lowest BCUT2D eigenvalue weighted by Crippen LogP contribution is -2.30. The summed E-state index contributed by atoms with van der Waals surface area (Å²) >= 11 is 0. The van der Waals surface area contributed by atoms with Crippen molar-refractivity contribution < 1.29 is 28.6 Å². The van der Waals surface area contributed by atoms with Crippen molar-refractivity contribution in [2.45, 2.75) is 317 Å². The monoisotopic (exact) mass is 877 g/mol. The minimum absolute atomic E-state index is 0.0643. The first-order valence-electron chi connectivity index (χ1n) is 27.8. The number of carbonyl (C=O) groups excluding carboxylic acids is 3. The quantitative estimate of drug-likeness (QED) is 0.0344. The average molecular weight is 877 g/mol. The van der Waals surface area contributed by atoms with Crippen LogP contribution in [0.3, 0.4) is 0 Å². The molecule has 0 aliphatic rings. The zero-order chi connectivity index (χ0) is 45.4. The smallest absolute Gasteiger partial charge is 0.306 e. The molecule has 0 aromatic carbocycles. The number of carbonyl (C=O) groups is 3. The van der Waals surface area contributed by atoms with Crippen LogP contribution in [0.1, 0.15) is 311 Å². The summed E-state index contributed by atoms with van der Waals surface area (Å²) in [5.41, 5.74) is 0. The SMILES string of the molecule is CCCCCCCCCCCCCCCCCCCC(=O)OC[C@@H](COC(=O)CCCCCCCCCCCCCCCCC(C)CC)OC(=O)CCCCCCCCC(C)C. The summed E-state index contributed by atoms with van der Waals surface area (Å²) in [4.78, 5) is 38.0. The highest BCUT2D eigenvalue weighted by Gasteiger charge is 2.19. The molecule has 0 bridgehead atoms. The van der Waals surface area contributed by atoms with E-state index in [4.69, 9.17) is 14.2 Å². The molecule has 0 aromatic heterocycles. The summed E-state index contributed by atoms with van der Waals surface area (Å²) in [6.07, 6.45) is 51.0. The third kappa shape index (κ3) is 47.9. The maximum absolute atomic E-state index is 12.7. The van der Waals surface area contributed by atoms with E-state index in [1.165, 1.54) is 199 Å². The van der Waals surface area contributed by atoms with Crippen molar-refractivity contribution in [2.24, 2.45) is 11.8 Å². The highest BCUT2D eigenvalue weighted by Crippen LogP contribution is 2.18. The first-order chi connectivity index (χ1) is 30.3. The van der Waals surface area contributed by atoms with Crippen LogP contribution in [0.5, 0.6) is 0 Å². The predicted octanol–water partition coefficient (Wildman–Crippen LogP) is 18.1. The summed E-state index contributed by atoms with van der Waals surface area (Å²) in [6, 6.07) is 0. The second-order valence-corrected chi connectivity index (χ2v) is 19.9. The number of rotatable bonds is 50. The van der Waals surface area contributed by atoms with Gasteiger partial charge in [0.1, 0.15) is 13.2 Å². The molecule has 6 nitrogen and oxygen atoms in total. The molecule has 0 aliphatic heterocycles. The van der Waals surface area contributed by atoms with E-state index in [1.807, 2.05) is 0 Å². The standard InChI is InChI=1S/C56H108O6/c1-6-8-9-10-11-12-13-14-15-16-17-21-24-27-30-36-41-46-54(57)60-49-53(62-56(59)48-43-38-33-32-34-39-44-51(3)4)50-61-55(58)47-42-37-31-28-25-22-19-18-20-23-26-29-35-40-45-52(5)7-2/h51-53H,6-50H2,1-5H3/t52?,53-/m0/s1. The van der Waals surface area contributed by atoms with Gasteiger partial charge in [0.2, 0.25) is 0 Å². The topological polar surface area (TPSA) is 78.9 Å². The van der Waals surface area contributed by atoms with E-state index in [0.29, 0.717) is 19.3 Å². The lowest BCUT2D eigenvalue weighted by atomic mass is 9.99. The van der Waals surface area contributed by atoms with Gasteiger partial charge in [0, 0.05) is 19.3 Å². The Morgan fingerprint density at radius 2 is 0.613 bits per heavy atom. The van der Waals surface area contributed by atoms with E-state index in [2.05, 4.69) is 34.6 Å². The van der Waals surface area contributed by atoms with Crippen molar-refractivity contribution in [1.29, 1.82) is 0 Å². The molecule has 0 amide bonds. The summed E-state index contributed by atoms with van der Waals surface area (Å²) in [5.74, 6) is 0.806. The van der Waals surface area contributed by atoms with Crippen LogP contribution in [0.4, 0.5) is 0 Å². The Balaban J connectivity index is 4.20. The van der Waals surface area contributed by atoms with Gasteiger partial charge in [-0.05, 0) is 31.1 Å². The van der Waals surface area contributed by atoms with Crippen LogP contribution in [-0.2, 0) is 28.6 Å². The highest BCUT2D eigenvalue weighted by atomic mass is 16.6. The first-order valence-corrected chi connectivity index (χ1v) is 27.8. The Bertz CT molecular complexity index is 949. The van der Waals surface area contributed by atoms with Gasteiger partial charge in [-0.25, -0.2) is 0 Å². The van der Waals surface area contributed by atoms with Crippen LogP contribution in [0.25, 0.3) is 0 Å². The highest BCUT2D eigenvalue weighted by molar-refractivity contribution is 5.71. The number of esters is 3. The lowest BCUT2D eigenvalue weighted by Gasteiger charge is -2.18. The Labute approximate surface area is 387 Å². The fraction of sp³-hybridized carbons (Fsp3) is 0.946. The molecule has 62 heavy (non-hydrogen) atoms. The van der Waals surface area contributed by atoms with Gasteiger partial charge in [-0.15, -0.1) is 0 Å². The fourth-order valence-electron chi connectivity index (χ4n) is 8.49. The number of hydrogen-bond acceptors (Lipinski definition) is 6. The van der Waals surface area contributed by atoms with Gasteiger partial charge in [0.15, 0.2) is 6.10 Å². The van der Waals surface area contributed by atoms with Gasteiger partial charge >= 0.3 is 17.9 Å². The number of hydrogen-bond donors (Lipinski definition) is 0. The molecule has 0 spiro atoms. The molecule has 0 aliphatic carbocycles. The molecule has 0 saturated heterocycles. The maximum atomic E-state index is 12.7. The van der Waals surface area contributed by atoms with E-state index >= 15 is 0 Å². The molecule has 0 aromatic rings. The number of ether oxygens (including phenoxy) is 3. The van der Waals surface area contributed by atoms with Crippen LogP contribution < -0.4 is 0 Å². The summed E-state index contributed by atoms with van der Waals surface area (Å²) in [5, 5.41) is 0. The van der Waals surface area contributed by atoms with E-state index < -0.39 is 6.10 Å². The maximum Gasteiger partial charge on any atom is 0.306 e. The van der Waals surface area contributed by atoms with Crippen molar-refractivity contribution in [3.63, 3.8) is 0 Å². The largest absolute Gasteiger partial charge is 0.462 e. The molecule has 0 rings (SSSR count). The fourth-order valence-corrected chi connectivity index (χ4v) is 8.49. The van der Waals surface area contributed by atoms with Crippen molar-refractivity contribution in [3.8, 4) is 0 Å². The van der Waals surface area contributed by atoms with Crippen molar-refractivity contribution >= 4 is 17.9 Å².